The van der Waals surface area contributed by atoms with Crippen LogP contribution in [0.25, 0.3) is 0 Å². The minimum absolute atomic E-state index is 0.686. The van der Waals surface area contributed by atoms with Gasteiger partial charge in [0.2, 0.25) is 0 Å². The van der Waals surface area contributed by atoms with Crippen LogP contribution >= 0.6 is 0 Å². The lowest BCUT2D eigenvalue weighted by Crippen LogP contribution is -2.10. The first kappa shape index (κ1) is 22.4. The van der Waals surface area contributed by atoms with Crippen molar-refractivity contribution < 1.29 is 8.76 Å². The van der Waals surface area contributed by atoms with Gasteiger partial charge in [-0.15, -0.1) is 0 Å². The van der Waals surface area contributed by atoms with E-state index in [1.807, 2.05) is 0 Å². The summed E-state index contributed by atoms with van der Waals surface area (Å²) < 4.78 is 22.0. The Morgan fingerprint density at radius 3 is 1.64 bits per heavy atom. The number of aryl methyl sites for hydroxylation is 1. The first-order valence-corrected chi connectivity index (χ1v) is 11.5. The van der Waals surface area contributed by atoms with Crippen molar-refractivity contribution in [3.63, 3.8) is 0 Å². The predicted octanol–water partition coefficient (Wildman–Crippen LogP) is 6.64. The van der Waals surface area contributed by atoms with Gasteiger partial charge in [-0.2, -0.15) is 0 Å². The molecule has 0 aliphatic carbocycles. The van der Waals surface area contributed by atoms with E-state index >= 15 is 0 Å². The average molecular weight is 367 g/mol. The second-order valence-corrected chi connectivity index (χ2v) is 8.07. The van der Waals surface area contributed by atoms with E-state index in [0.29, 0.717) is 4.90 Å². The van der Waals surface area contributed by atoms with Crippen LogP contribution in [0.3, 0.4) is 0 Å². The van der Waals surface area contributed by atoms with Crippen LogP contribution in [-0.4, -0.2) is 8.76 Å². The summed E-state index contributed by atoms with van der Waals surface area (Å²) in [5.74, 6) is 0. The maximum Gasteiger partial charge on any atom is 0.186 e. The summed E-state index contributed by atoms with van der Waals surface area (Å²) >= 11 is -1.89. The number of unbranched alkanes of at least 4 members (excludes halogenated alkanes) is 4. The lowest BCUT2D eigenvalue weighted by molar-refractivity contribution is 0.561. The molecule has 0 heterocycles. The summed E-state index contributed by atoms with van der Waals surface area (Å²) in [5.41, 5.74) is 5.43. The molecular weight excluding hydrogens is 328 g/mol. The Labute approximate surface area is 158 Å². The SMILES string of the molecule is CCCCc1cc(S(=O)O)c(CCCC)c(CCCC)c1CCCC. The topological polar surface area (TPSA) is 37.3 Å². The van der Waals surface area contributed by atoms with E-state index < -0.39 is 11.1 Å². The Balaban J connectivity index is 3.49. The third kappa shape index (κ3) is 6.86. The van der Waals surface area contributed by atoms with Crippen LogP contribution in [0.5, 0.6) is 0 Å². The van der Waals surface area contributed by atoms with Crippen molar-refractivity contribution in [3.8, 4) is 0 Å². The molecule has 0 aliphatic rings. The summed E-state index contributed by atoms with van der Waals surface area (Å²) in [6.45, 7) is 8.87. The minimum Gasteiger partial charge on any atom is -0.302 e. The third-order valence-electron chi connectivity index (χ3n) is 5.05. The molecule has 1 aromatic carbocycles. The molecule has 0 saturated carbocycles. The van der Waals surface area contributed by atoms with Gasteiger partial charge in [-0.05, 0) is 79.7 Å². The van der Waals surface area contributed by atoms with Gasteiger partial charge in [-0.25, -0.2) is 4.21 Å². The molecule has 0 saturated heterocycles. The van der Waals surface area contributed by atoms with Crippen LogP contribution in [0.4, 0.5) is 0 Å². The molecule has 1 unspecified atom stereocenters. The molecular formula is C22H38O2S. The summed E-state index contributed by atoms with van der Waals surface area (Å²) in [4.78, 5) is 0.686. The van der Waals surface area contributed by atoms with E-state index in [1.165, 1.54) is 35.1 Å². The maximum atomic E-state index is 12.1. The van der Waals surface area contributed by atoms with Crippen molar-refractivity contribution in [2.24, 2.45) is 0 Å². The van der Waals surface area contributed by atoms with Gasteiger partial charge in [-0.3, -0.25) is 0 Å². The summed E-state index contributed by atoms with van der Waals surface area (Å²) in [7, 11) is 0. The third-order valence-corrected chi connectivity index (χ3v) is 5.79. The van der Waals surface area contributed by atoms with E-state index in [1.54, 1.807) is 0 Å². The zero-order valence-corrected chi connectivity index (χ0v) is 17.6. The van der Waals surface area contributed by atoms with Gasteiger partial charge < -0.3 is 4.55 Å². The number of rotatable bonds is 13. The van der Waals surface area contributed by atoms with Crippen LogP contribution in [0.1, 0.15) is 101 Å². The Bertz CT molecular complexity index is 537. The number of hydrogen-bond acceptors (Lipinski definition) is 1. The Morgan fingerprint density at radius 1 is 0.720 bits per heavy atom. The highest BCUT2D eigenvalue weighted by Crippen LogP contribution is 2.31. The van der Waals surface area contributed by atoms with Crippen LogP contribution in [0.15, 0.2) is 11.0 Å². The van der Waals surface area contributed by atoms with Crippen molar-refractivity contribution >= 4 is 11.1 Å². The Morgan fingerprint density at radius 2 is 1.16 bits per heavy atom. The highest BCUT2D eigenvalue weighted by molar-refractivity contribution is 7.79. The largest absolute Gasteiger partial charge is 0.302 e. The fourth-order valence-corrected chi connectivity index (χ4v) is 4.23. The van der Waals surface area contributed by atoms with E-state index in [9.17, 15) is 8.76 Å². The molecule has 3 heteroatoms. The fraction of sp³-hybridized carbons (Fsp3) is 0.727. The molecule has 2 nitrogen and oxygen atoms in total. The predicted molar refractivity (Wildman–Crippen MR) is 110 cm³/mol. The lowest BCUT2D eigenvalue weighted by Gasteiger charge is -2.22. The van der Waals surface area contributed by atoms with Crippen molar-refractivity contribution in [2.75, 3.05) is 0 Å². The van der Waals surface area contributed by atoms with Gasteiger partial charge in [0, 0.05) is 0 Å². The summed E-state index contributed by atoms with van der Waals surface area (Å²) in [6, 6.07) is 2.07. The number of benzene rings is 1. The maximum absolute atomic E-state index is 12.1. The van der Waals surface area contributed by atoms with Crippen molar-refractivity contribution in [1.29, 1.82) is 0 Å². The highest BCUT2D eigenvalue weighted by atomic mass is 32.2. The molecule has 0 aliphatic heterocycles. The zero-order chi connectivity index (χ0) is 18.7. The quantitative estimate of drug-likeness (QED) is 0.397. The minimum atomic E-state index is -1.89. The van der Waals surface area contributed by atoms with Crippen LogP contribution in [-0.2, 0) is 36.8 Å². The lowest BCUT2D eigenvalue weighted by atomic mass is 9.86. The molecule has 25 heavy (non-hydrogen) atoms. The van der Waals surface area contributed by atoms with Gasteiger partial charge in [0.25, 0.3) is 0 Å². The van der Waals surface area contributed by atoms with Crippen LogP contribution < -0.4 is 0 Å². The molecule has 1 rings (SSSR count). The van der Waals surface area contributed by atoms with Gasteiger partial charge >= 0.3 is 0 Å². The Hall–Kier alpha value is -0.670. The van der Waals surface area contributed by atoms with Crippen LogP contribution in [0, 0.1) is 0 Å². The first-order valence-electron chi connectivity index (χ1n) is 10.4. The molecule has 1 N–H and O–H groups in total. The molecule has 144 valence electrons. The smallest absolute Gasteiger partial charge is 0.186 e. The standard InChI is InChI=1S/C22H38O2S/c1-5-9-13-18-17-22(25(23)24)21(16-12-8-4)20(15-11-7-3)19(18)14-10-6-2/h17H,5-16H2,1-4H3,(H,23,24). The van der Waals surface area contributed by atoms with Crippen LogP contribution in [0.2, 0.25) is 0 Å². The van der Waals surface area contributed by atoms with E-state index in [0.717, 1.165) is 64.2 Å². The molecule has 0 aromatic heterocycles. The highest BCUT2D eigenvalue weighted by Gasteiger charge is 2.19. The summed E-state index contributed by atoms with van der Waals surface area (Å²) in [6.07, 6.45) is 13.4. The van der Waals surface area contributed by atoms with Gasteiger partial charge in [0.15, 0.2) is 11.1 Å². The average Bonchev–Trinajstić information content (AvgIpc) is 2.61. The second kappa shape index (κ2) is 12.6. The Kier molecular flexibility index (Phi) is 11.3. The second-order valence-electron chi connectivity index (χ2n) is 7.13. The van der Waals surface area contributed by atoms with Gasteiger partial charge in [0.1, 0.15) is 0 Å². The zero-order valence-electron chi connectivity index (χ0n) is 16.8. The van der Waals surface area contributed by atoms with Crippen molar-refractivity contribution in [2.45, 2.75) is 110 Å². The van der Waals surface area contributed by atoms with Gasteiger partial charge in [-0.1, -0.05) is 53.4 Å². The van der Waals surface area contributed by atoms with Crippen molar-refractivity contribution in [3.05, 3.63) is 28.3 Å². The molecule has 0 radical (unpaired) electrons. The molecule has 1 aromatic rings. The molecule has 0 amide bonds. The first-order chi connectivity index (χ1) is 12.1. The number of hydrogen-bond donors (Lipinski definition) is 1. The van der Waals surface area contributed by atoms with E-state index in [2.05, 4.69) is 33.8 Å². The normalized spacial score (nSPS) is 12.5. The molecule has 0 fully saturated rings. The van der Waals surface area contributed by atoms with E-state index in [4.69, 9.17) is 0 Å². The molecule has 0 spiro atoms. The van der Waals surface area contributed by atoms with Gasteiger partial charge in [0.05, 0.1) is 4.90 Å². The fourth-order valence-electron chi connectivity index (χ4n) is 3.55. The molecule has 0 bridgehead atoms. The van der Waals surface area contributed by atoms with E-state index in [-0.39, 0.29) is 0 Å². The summed E-state index contributed by atoms with van der Waals surface area (Å²) in [5, 5.41) is 0. The van der Waals surface area contributed by atoms with Crippen molar-refractivity contribution in [1.82, 2.24) is 0 Å². The monoisotopic (exact) mass is 366 g/mol. The molecule has 1 atom stereocenters.